The maximum absolute atomic E-state index is 13.1. The van der Waals surface area contributed by atoms with Crippen LogP contribution in [0.3, 0.4) is 0 Å². The summed E-state index contributed by atoms with van der Waals surface area (Å²) in [5, 5.41) is 8.57. The number of nitrogens with zero attached hydrogens (tertiary/aromatic N) is 2. The third-order valence-corrected chi connectivity index (χ3v) is 11.1. The monoisotopic (exact) mass is 932 g/mol. The van der Waals surface area contributed by atoms with Crippen LogP contribution in [0.15, 0.2) is 130 Å². The smallest absolute Gasteiger partial charge is 0.343 e. The third-order valence-electron chi connectivity index (χ3n) is 10.5. The average molecular weight is 934 g/mol. The average Bonchev–Trinajstić information content (AvgIpc) is 3.31. The number of unbranched alkanes of at least 4 members (excludes halogenated alkanes) is 14. The molecule has 0 aromatic heterocycles. The van der Waals surface area contributed by atoms with E-state index in [9.17, 15) is 14.4 Å². The third kappa shape index (κ3) is 17.8. The van der Waals surface area contributed by atoms with E-state index in [1.54, 1.807) is 60.7 Å². The standard InChI is InChI=1S/C53H61BrN2O8/c1-3-5-7-9-11-12-13-14-16-18-37-60-45-29-21-41(22-30-45)52(58)63-48-35-36-49(54)50(39-48)64-53(59)42-23-31-47(32-24-42)62-51(57)40-19-25-43(26-20-40)55-56-44-27-33-46(34-28-44)61-38-17-15-10-8-6-4-2/h19-36,39H,3-18,37-38H2,1-2H3. The van der Waals surface area contributed by atoms with E-state index in [0.717, 1.165) is 25.0 Å². The molecule has 11 heteroatoms. The Morgan fingerprint density at radius 1 is 0.406 bits per heavy atom. The van der Waals surface area contributed by atoms with E-state index in [4.69, 9.17) is 23.7 Å². The van der Waals surface area contributed by atoms with Gasteiger partial charge in [0.25, 0.3) is 0 Å². The second-order valence-electron chi connectivity index (χ2n) is 15.7. The molecule has 0 amide bonds. The van der Waals surface area contributed by atoms with Gasteiger partial charge < -0.3 is 23.7 Å². The van der Waals surface area contributed by atoms with Crippen molar-refractivity contribution in [2.45, 2.75) is 117 Å². The molecule has 0 aliphatic carbocycles. The number of hydrogen-bond donors (Lipinski definition) is 0. The first-order chi connectivity index (χ1) is 31.3. The Morgan fingerprint density at radius 2 is 0.750 bits per heavy atom. The van der Waals surface area contributed by atoms with Crippen molar-refractivity contribution in [3.63, 3.8) is 0 Å². The van der Waals surface area contributed by atoms with Crippen LogP contribution in [0.25, 0.3) is 0 Å². The van der Waals surface area contributed by atoms with Gasteiger partial charge in [-0.05, 0) is 138 Å². The number of ether oxygens (including phenoxy) is 5. The second kappa shape index (κ2) is 28.1. The number of hydrogen-bond acceptors (Lipinski definition) is 10. The molecule has 64 heavy (non-hydrogen) atoms. The normalized spacial score (nSPS) is 11.0. The SMILES string of the molecule is CCCCCCCCCCCCOc1ccc(C(=O)Oc2ccc(Br)c(OC(=O)c3ccc(OC(=O)c4ccc(N=Nc5ccc(OCCCCCCCC)cc5)cc4)cc3)c2)cc1. The van der Waals surface area contributed by atoms with Crippen molar-refractivity contribution in [3.05, 3.63) is 136 Å². The van der Waals surface area contributed by atoms with Gasteiger partial charge in [0.05, 0.1) is 45.8 Å². The van der Waals surface area contributed by atoms with E-state index >= 15 is 0 Å². The zero-order chi connectivity index (χ0) is 45.2. The van der Waals surface area contributed by atoms with E-state index in [1.807, 2.05) is 24.3 Å². The fourth-order valence-corrected chi connectivity index (χ4v) is 7.03. The minimum Gasteiger partial charge on any atom is -0.494 e. The summed E-state index contributed by atoms with van der Waals surface area (Å²) in [6, 6.07) is 31.6. The fourth-order valence-electron chi connectivity index (χ4n) is 6.70. The molecule has 0 atom stereocenters. The Labute approximate surface area is 386 Å². The van der Waals surface area contributed by atoms with E-state index in [-0.39, 0.29) is 22.8 Å². The topological polar surface area (TPSA) is 122 Å². The number of carbonyl (C=O) groups excluding carboxylic acids is 3. The van der Waals surface area contributed by atoms with Crippen molar-refractivity contribution in [1.29, 1.82) is 0 Å². The summed E-state index contributed by atoms with van der Waals surface area (Å²) in [6.07, 6.45) is 19.9. The second-order valence-corrected chi connectivity index (χ2v) is 16.6. The van der Waals surface area contributed by atoms with Gasteiger partial charge in [0.2, 0.25) is 0 Å². The lowest BCUT2D eigenvalue weighted by atomic mass is 10.1. The van der Waals surface area contributed by atoms with Crippen LogP contribution in [0.4, 0.5) is 11.4 Å². The van der Waals surface area contributed by atoms with Crippen molar-refractivity contribution < 1.29 is 38.1 Å². The van der Waals surface area contributed by atoms with Crippen molar-refractivity contribution in [2.24, 2.45) is 10.2 Å². The fraction of sp³-hybridized carbons (Fsp3) is 0.377. The molecular weight excluding hydrogens is 872 g/mol. The Hall–Kier alpha value is -5.81. The minimum absolute atomic E-state index is 0.158. The molecular formula is C53H61BrN2O8. The maximum Gasteiger partial charge on any atom is 0.343 e. The lowest BCUT2D eigenvalue weighted by Crippen LogP contribution is -2.11. The summed E-state index contributed by atoms with van der Waals surface area (Å²) < 4.78 is 29.0. The van der Waals surface area contributed by atoms with Crippen LogP contribution in [0.5, 0.6) is 28.7 Å². The first-order valence-electron chi connectivity index (χ1n) is 22.8. The summed E-state index contributed by atoms with van der Waals surface area (Å²) in [4.78, 5) is 38.9. The van der Waals surface area contributed by atoms with Gasteiger partial charge in [-0.2, -0.15) is 10.2 Å². The highest BCUT2D eigenvalue weighted by Gasteiger charge is 2.16. The Morgan fingerprint density at radius 3 is 1.22 bits per heavy atom. The molecule has 0 spiro atoms. The highest BCUT2D eigenvalue weighted by atomic mass is 79.9. The predicted octanol–water partition coefficient (Wildman–Crippen LogP) is 15.6. The molecule has 0 saturated carbocycles. The van der Waals surface area contributed by atoms with Crippen LogP contribution in [-0.4, -0.2) is 31.1 Å². The molecule has 0 bridgehead atoms. The summed E-state index contributed by atoms with van der Waals surface area (Å²) in [7, 11) is 0. The van der Waals surface area contributed by atoms with Crippen LogP contribution < -0.4 is 23.7 Å². The molecule has 0 unspecified atom stereocenters. The zero-order valence-corrected chi connectivity index (χ0v) is 38.8. The maximum atomic E-state index is 13.1. The summed E-state index contributed by atoms with van der Waals surface area (Å²) in [6.45, 7) is 5.80. The Kier molecular flexibility index (Phi) is 21.6. The van der Waals surface area contributed by atoms with E-state index in [2.05, 4.69) is 40.0 Å². The van der Waals surface area contributed by atoms with Crippen LogP contribution in [0.1, 0.15) is 148 Å². The lowest BCUT2D eigenvalue weighted by molar-refractivity contribution is 0.0723. The molecule has 0 fully saturated rings. The van der Waals surface area contributed by atoms with Crippen molar-refractivity contribution in [3.8, 4) is 28.7 Å². The summed E-state index contributed by atoms with van der Waals surface area (Å²) in [5.74, 6) is 0.309. The van der Waals surface area contributed by atoms with Gasteiger partial charge in [0, 0.05) is 6.07 Å². The van der Waals surface area contributed by atoms with E-state index in [0.29, 0.717) is 45.9 Å². The van der Waals surface area contributed by atoms with Crippen LogP contribution >= 0.6 is 15.9 Å². The number of esters is 3. The molecule has 5 aromatic rings. The number of benzene rings is 5. The van der Waals surface area contributed by atoms with Crippen LogP contribution in [0, 0.1) is 0 Å². The minimum atomic E-state index is -0.659. The number of azo groups is 1. The molecule has 10 nitrogen and oxygen atoms in total. The molecule has 5 aromatic carbocycles. The zero-order valence-electron chi connectivity index (χ0n) is 37.2. The van der Waals surface area contributed by atoms with Gasteiger partial charge in [-0.25, -0.2) is 14.4 Å². The van der Waals surface area contributed by atoms with E-state index < -0.39 is 17.9 Å². The molecule has 0 heterocycles. The van der Waals surface area contributed by atoms with Crippen molar-refractivity contribution in [1.82, 2.24) is 0 Å². The summed E-state index contributed by atoms with van der Waals surface area (Å²) >= 11 is 3.40. The molecule has 0 aliphatic rings. The molecule has 5 rings (SSSR count). The first kappa shape index (κ1) is 49.2. The van der Waals surface area contributed by atoms with Gasteiger partial charge in [-0.3, -0.25) is 0 Å². The van der Waals surface area contributed by atoms with Crippen molar-refractivity contribution >= 4 is 45.2 Å². The van der Waals surface area contributed by atoms with Gasteiger partial charge in [0.1, 0.15) is 28.7 Å². The molecule has 0 saturated heterocycles. The van der Waals surface area contributed by atoms with Gasteiger partial charge in [-0.1, -0.05) is 104 Å². The number of rotatable bonds is 28. The molecule has 0 N–H and O–H groups in total. The number of halogens is 1. The first-order valence-corrected chi connectivity index (χ1v) is 23.6. The Balaban J connectivity index is 1.02. The van der Waals surface area contributed by atoms with Gasteiger partial charge in [-0.15, -0.1) is 0 Å². The largest absolute Gasteiger partial charge is 0.494 e. The van der Waals surface area contributed by atoms with E-state index in [1.165, 1.54) is 114 Å². The molecule has 0 radical (unpaired) electrons. The highest BCUT2D eigenvalue weighted by Crippen LogP contribution is 2.31. The van der Waals surface area contributed by atoms with Gasteiger partial charge in [0.15, 0.2) is 0 Å². The van der Waals surface area contributed by atoms with Crippen LogP contribution in [0.2, 0.25) is 0 Å². The lowest BCUT2D eigenvalue weighted by Gasteiger charge is -2.10. The van der Waals surface area contributed by atoms with Crippen molar-refractivity contribution in [2.75, 3.05) is 13.2 Å². The molecule has 0 aliphatic heterocycles. The number of carbonyl (C=O) groups is 3. The Bertz CT molecular complexity index is 2190. The quantitative estimate of drug-likeness (QED) is 0.0210. The van der Waals surface area contributed by atoms with Crippen LogP contribution in [-0.2, 0) is 0 Å². The predicted molar refractivity (Wildman–Crippen MR) is 255 cm³/mol. The molecule has 338 valence electrons. The highest BCUT2D eigenvalue weighted by molar-refractivity contribution is 9.10. The van der Waals surface area contributed by atoms with Gasteiger partial charge >= 0.3 is 17.9 Å². The summed E-state index contributed by atoms with van der Waals surface area (Å²) in [5.41, 5.74) is 2.15.